The maximum atomic E-state index is 12.9. The van der Waals surface area contributed by atoms with Gasteiger partial charge in [0, 0.05) is 41.2 Å². The molecule has 3 heterocycles. The summed E-state index contributed by atoms with van der Waals surface area (Å²) in [7, 11) is 1.91. The van der Waals surface area contributed by atoms with E-state index in [0.717, 1.165) is 61.9 Å². The van der Waals surface area contributed by atoms with Crippen LogP contribution in [-0.2, 0) is 24.8 Å². The number of aromatic nitrogens is 3. The Morgan fingerprint density at radius 1 is 1.10 bits per heavy atom. The Morgan fingerprint density at radius 2 is 1.90 bits per heavy atom. The monoisotopic (exact) mass is 583 g/mol. The van der Waals surface area contributed by atoms with Crippen molar-refractivity contribution in [3.63, 3.8) is 0 Å². The lowest BCUT2D eigenvalue weighted by atomic mass is 9.96. The summed E-state index contributed by atoms with van der Waals surface area (Å²) < 4.78 is 16.2. The first-order valence-corrected chi connectivity index (χ1v) is 14.8. The van der Waals surface area contributed by atoms with E-state index < -0.39 is 5.97 Å². The van der Waals surface area contributed by atoms with E-state index in [2.05, 4.69) is 25.1 Å². The molecule has 0 radical (unpaired) electrons. The minimum Gasteiger partial charge on any atom is -0.493 e. The van der Waals surface area contributed by atoms with Crippen LogP contribution in [0, 0.1) is 6.92 Å². The number of halogens is 1. The molecular weight excluding hydrogens is 550 g/mol. The van der Waals surface area contributed by atoms with E-state index in [1.165, 1.54) is 0 Å². The van der Waals surface area contributed by atoms with Crippen LogP contribution in [0.5, 0.6) is 5.75 Å². The standard InChI is InChI=1S/C34H34ClN3O4/c1-4-27-31-29(21(2)37(3)36-31)30-26(35)17-16-25-24(33(34(39)40)38(32(25)30)18-7-8-19-41-27)14-10-20-42-28-15-9-12-22-11-5-6-13-23(22)28/h5-9,11-13,15-17,27H,4,10,14,18-20H2,1-3H3,(H,39,40)/b8-7-. The van der Waals surface area contributed by atoms with Gasteiger partial charge in [-0.05, 0) is 49.3 Å². The summed E-state index contributed by atoms with van der Waals surface area (Å²) in [6.45, 7) is 5.34. The normalized spacial score (nSPS) is 15.9. The third-order valence-corrected chi connectivity index (χ3v) is 8.51. The number of carboxylic acids is 1. The first-order chi connectivity index (χ1) is 20.4. The molecule has 1 aliphatic rings. The van der Waals surface area contributed by atoms with Crippen molar-refractivity contribution in [2.24, 2.45) is 7.05 Å². The summed E-state index contributed by atoms with van der Waals surface area (Å²) in [4.78, 5) is 12.9. The number of nitrogens with zero attached hydrogens (tertiary/aromatic N) is 3. The molecule has 5 aromatic rings. The number of aromatic carboxylic acids is 1. The van der Waals surface area contributed by atoms with Crippen LogP contribution in [-0.4, -0.2) is 38.6 Å². The van der Waals surface area contributed by atoms with Gasteiger partial charge in [0.05, 0.1) is 29.4 Å². The number of ether oxygens (including phenoxy) is 2. The van der Waals surface area contributed by atoms with Gasteiger partial charge >= 0.3 is 5.97 Å². The van der Waals surface area contributed by atoms with Crippen LogP contribution in [0.2, 0.25) is 5.02 Å². The van der Waals surface area contributed by atoms with Crippen LogP contribution in [0.25, 0.3) is 32.8 Å². The van der Waals surface area contributed by atoms with Gasteiger partial charge in [-0.2, -0.15) is 5.10 Å². The number of fused-ring (bicyclic) bond motifs is 3. The minimum absolute atomic E-state index is 0.220. The highest BCUT2D eigenvalue weighted by Gasteiger charge is 2.30. The maximum absolute atomic E-state index is 12.9. The highest BCUT2D eigenvalue weighted by Crippen LogP contribution is 2.44. The molecule has 0 amide bonds. The second-order valence-electron chi connectivity index (χ2n) is 10.7. The lowest BCUT2D eigenvalue weighted by Gasteiger charge is -2.16. The molecule has 1 atom stereocenters. The van der Waals surface area contributed by atoms with Crippen LogP contribution in [0.4, 0.5) is 0 Å². The Labute approximate surface area is 249 Å². The average molecular weight is 584 g/mol. The van der Waals surface area contributed by atoms with Gasteiger partial charge in [-0.3, -0.25) is 4.68 Å². The fourth-order valence-corrected chi connectivity index (χ4v) is 6.39. The number of hydrogen-bond acceptors (Lipinski definition) is 4. The fraction of sp³-hybridized carbons (Fsp3) is 0.294. The molecule has 1 unspecified atom stereocenters. The molecule has 216 valence electrons. The molecule has 42 heavy (non-hydrogen) atoms. The van der Waals surface area contributed by atoms with Crippen LogP contribution in [0.15, 0.2) is 66.7 Å². The van der Waals surface area contributed by atoms with Crippen molar-refractivity contribution in [2.45, 2.75) is 45.8 Å². The molecule has 8 heteroatoms. The zero-order chi connectivity index (χ0) is 29.4. The summed E-state index contributed by atoms with van der Waals surface area (Å²) in [5.74, 6) is -0.137. The molecular formula is C34H34ClN3O4. The first kappa shape index (κ1) is 28.1. The van der Waals surface area contributed by atoms with Crippen molar-refractivity contribution in [2.75, 3.05) is 13.2 Å². The molecule has 0 saturated carbocycles. The quantitative estimate of drug-likeness (QED) is 0.156. The van der Waals surface area contributed by atoms with Gasteiger partial charge in [-0.1, -0.05) is 73.1 Å². The van der Waals surface area contributed by atoms with E-state index in [9.17, 15) is 9.90 Å². The highest BCUT2D eigenvalue weighted by molar-refractivity contribution is 6.35. The Balaban J connectivity index is 1.46. The summed E-state index contributed by atoms with van der Waals surface area (Å²) in [5.41, 5.74) is 5.34. The molecule has 0 saturated heterocycles. The van der Waals surface area contributed by atoms with Crippen molar-refractivity contribution in [1.82, 2.24) is 14.3 Å². The van der Waals surface area contributed by atoms with Crippen LogP contribution in [0.3, 0.4) is 0 Å². The van der Waals surface area contributed by atoms with E-state index in [4.69, 9.17) is 26.2 Å². The Kier molecular flexibility index (Phi) is 7.80. The Hall–Kier alpha value is -4.07. The molecule has 1 aliphatic heterocycles. The predicted octanol–water partition coefficient (Wildman–Crippen LogP) is 7.90. The molecule has 7 nitrogen and oxygen atoms in total. The van der Waals surface area contributed by atoms with Crippen LogP contribution in [0.1, 0.15) is 53.3 Å². The predicted molar refractivity (Wildman–Crippen MR) is 167 cm³/mol. The van der Waals surface area contributed by atoms with E-state index in [-0.39, 0.29) is 11.8 Å². The second kappa shape index (κ2) is 11.7. The van der Waals surface area contributed by atoms with Gasteiger partial charge in [0.25, 0.3) is 0 Å². The zero-order valence-corrected chi connectivity index (χ0v) is 24.8. The summed E-state index contributed by atoms with van der Waals surface area (Å²) in [6, 6.07) is 18.0. The summed E-state index contributed by atoms with van der Waals surface area (Å²) in [6.07, 6.45) is 5.63. The maximum Gasteiger partial charge on any atom is 0.352 e. The zero-order valence-electron chi connectivity index (χ0n) is 24.1. The van der Waals surface area contributed by atoms with Gasteiger partial charge in [0.1, 0.15) is 17.5 Å². The molecule has 1 N–H and O–H groups in total. The van der Waals surface area contributed by atoms with Gasteiger partial charge in [-0.15, -0.1) is 0 Å². The van der Waals surface area contributed by atoms with Crippen molar-refractivity contribution >= 4 is 39.2 Å². The first-order valence-electron chi connectivity index (χ1n) is 14.4. The number of carbonyl (C=O) groups is 1. The van der Waals surface area contributed by atoms with E-state index in [1.54, 1.807) is 0 Å². The van der Waals surface area contributed by atoms with E-state index >= 15 is 0 Å². The van der Waals surface area contributed by atoms with Crippen molar-refractivity contribution in [3.8, 4) is 16.9 Å². The Morgan fingerprint density at radius 3 is 2.71 bits per heavy atom. The van der Waals surface area contributed by atoms with Crippen molar-refractivity contribution in [1.29, 1.82) is 0 Å². The lowest BCUT2D eigenvalue weighted by Crippen LogP contribution is -2.11. The minimum atomic E-state index is -0.965. The highest BCUT2D eigenvalue weighted by atomic mass is 35.5. The summed E-state index contributed by atoms with van der Waals surface area (Å²) in [5, 5.41) is 19.0. The molecule has 0 spiro atoms. The fourth-order valence-electron chi connectivity index (χ4n) is 6.14. The van der Waals surface area contributed by atoms with Gasteiger partial charge in [0.2, 0.25) is 0 Å². The van der Waals surface area contributed by atoms with Crippen LogP contribution >= 0.6 is 11.6 Å². The Bertz CT molecular complexity index is 1830. The largest absolute Gasteiger partial charge is 0.493 e. The SMILES string of the molecule is CCC1OC/C=C\Cn2c(C(=O)O)c(CCCOc3cccc4ccccc34)c3ccc(Cl)c(c32)-c2c1nn(C)c2C. The lowest BCUT2D eigenvalue weighted by molar-refractivity contribution is 0.0679. The van der Waals surface area contributed by atoms with Crippen molar-refractivity contribution < 1.29 is 19.4 Å². The number of aryl methyl sites for hydroxylation is 2. The topological polar surface area (TPSA) is 78.5 Å². The van der Waals surface area contributed by atoms with Crippen molar-refractivity contribution in [3.05, 3.63) is 94.4 Å². The van der Waals surface area contributed by atoms with Crippen LogP contribution < -0.4 is 4.74 Å². The van der Waals surface area contributed by atoms with Gasteiger partial charge < -0.3 is 19.1 Å². The molecule has 2 aromatic heterocycles. The molecule has 6 rings (SSSR count). The molecule has 0 aliphatic carbocycles. The van der Waals surface area contributed by atoms with Gasteiger partial charge in [-0.25, -0.2) is 4.79 Å². The summed E-state index contributed by atoms with van der Waals surface area (Å²) >= 11 is 6.98. The third kappa shape index (κ3) is 4.86. The van der Waals surface area contributed by atoms with E-state index in [0.29, 0.717) is 37.6 Å². The smallest absolute Gasteiger partial charge is 0.352 e. The van der Waals surface area contributed by atoms with Gasteiger partial charge in [0.15, 0.2) is 0 Å². The average Bonchev–Trinajstić information content (AvgIpc) is 3.45. The number of benzene rings is 3. The number of hydrogen-bond donors (Lipinski definition) is 1. The number of rotatable bonds is 7. The molecule has 0 bridgehead atoms. The van der Waals surface area contributed by atoms with E-state index in [1.807, 2.05) is 71.8 Å². The number of allylic oxidation sites excluding steroid dienone is 1. The number of carboxylic acid groups (broad SMARTS) is 1. The molecule has 0 fully saturated rings. The second-order valence-corrected chi connectivity index (χ2v) is 11.1. The third-order valence-electron chi connectivity index (χ3n) is 8.19. The molecule has 3 aromatic carbocycles.